The maximum atomic E-state index is 12.7. The standard InChI is InChI=1S/C22H24N2O4/c1-4-28-22(27)20-18(16-9-5-14(2)6-10-16)13-19(25)24(20)23-21(26)17-11-7-15(3)8-12-17/h5-12,18,20H,4,13H2,1-3H3,(H,23,26)/t18-,20-/m0/s1. The minimum atomic E-state index is -0.899. The number of rotatable bonds is 5. The molecule has 1 fully saturated rings. The number of carbonyl (C=O) groups is 3. The number of nitrogens with zero attached hydrogens (tertiary/aromatic N) is 1. The molecule has 1 heterocycles. The molecule has 146 valence electrons. The molecule has 6 heteroatoms. The van der Waals surface area contributed by atoms with E-state index in [-0.39, 0.29) is 24.9 Å². The summed E-state index contributed by atoms with van der Waals surface area (Å²) >= 11 is 0. The van der Waals surface area contributed by atoms with E-state index >= 15 is 0 Å². The number of hydrogen-bond donors (Lipinski definition) is 1. The van der Waals surface area contributed by atoms with Crippen LogP contribution < -0.4 is 5.43 Å². The second-order valence-corrected chi connectivity index (χ2v) is 6.99. The molecule has 1 aliphatic heterocycles. The quantitative estimate of drug-likeness (QED) is 0.810. The first-order valence-corrected chi connectivity index (χ1v) is 9.33. The highest BCUT2D eigenvalue weighted by molar-refractivity contribution is 5.97. The summed E-state index contributed by atoms with van der Waals surface area (Å²) in [5, 5.41) is 1.13. The van der Waals surface area contributed by atoms with Gasteiger partial charge in [-0.2, -0.15) is 0 Å². The van der Waals surface area contributed by atoms with Crippen LogP contribution in [0.3, 0.4) is 0 Å². The number of nitrogens with one attached hydrogen (secondary N) is 1. The Morgan fingerprint density at radius 1 is 1.04 bits per heavy atom. The summed E-state index contributed by atoms with van der Waals surface area (Å²) < 4.78 is 5.20. The number of hydrazine groups is 1. The van der Waals surface area contributed by atoms with Crippen LogP contribution in [0.4, 0.5) is 0 Å². The first-order chi connectivity index (χ1) is 13.4. The van der Waals surface area contributed by atoms with Crippen molar-refractivity contribution in [3.8, 4) is 0 Å². The molecule has 0 radical (unpaired) electrons. The molecule has 0 saturated carbocycles. The third kappa shape index (κ3) is 4.06. The van der Waals surface area contributed by atoms with Gasteiger partial charge in [0, 0.05) is 17.9 Å². The Morgan fingerprint density at radius 2 is 1.61 bits per heavy atom. The lowest BCUT2D eigenvalue weighted by Crippen LogP contribution is -2.52. The second kappa shape index (κ2) is 8.25. The lowest BCUT2D eigenvalue weighted by molar-refractivity contribution is -0.153. The highest BCUT2D eigenvalue weighted by Crippen LogP contribution is 2.34. The molecule has 1 N–H and O–H groups in total. The largest absolute Gasteiger partial charge is 0.464 e. The van der Waals surface area contributed by atoms with Gasteiger partial charge in [0.05, 0.1) is 6.61 Å². The van der Waals surface area contributed by atoms with Crippen molar-refractivity contribution in [1.29, 1.82) is 0 Å². The topological polar surface area (TPSA) is 75.7 Å². The van der Waals surface area contributed by atoms with Crippen molar-refractivity contribution >= 4 is 17.8 Å². The maximum absolute atomic E-state index is 12.7. The van der Waals surface area contributed by atoms with Gasteiger partial charge in [0.1, 0.15) is 0 Å². The molecule has 6 nitrogen and oxygen atoms in total. The van der Waals surface area contributed by atoms with E-state index < -0.39 is 17.9 Å². The van der Waals surface area contributed by atoms with Gasteiger partial charge in [0.15, 0.2) is 6.04 Å². The van der Waals surface area contributed by atoms with E-state index in [0.29, 0.717) is 5.56 Å². The minimum absolute atomic E-state index is 0.126. The van der Waals surface area contributed by atoms with Crippen molar-refractivity contribution in [2.24, 2.45) is 0 Å². The second-order valence-electron chi connectivity index (χ2n) is 6.99. The van der Waals surface area contributed by atoms with Gasteiger partial charge < -0.3 is 4.74 Å². The number of amides is 2. The Bertz CT molecular complexity index is 874. The van der Waals surface area contributed by atoms with Gasteiger partial charge in [-0.15, -0.1) is 0 Å². The highest BCUT2D eigenvalue weighted by atomic mass is 16.5. The van der Waals surface area contributed by atoms with Crippen molar-refractivity contribution in [1.82, 2.24) is 10.4 Å². The normalized spacial score (nSPS) is 18.8. The predicted octanol–water partition coefficient (Wildman–Crippen LogP) is 2.90. The van der Waals surface area contributed by atoms with Gasteiger partial charge >= 0.3 is 5.97 Å². The smallest absolute Gasteiger partial charge is 0.331 e. The fourth-order valence-electron chi connectivity index (χ4n) is 3.36. The molecule has 2 atom stereocenters. The molecule has 0 aliphatic carbocycles. The van der Waals surface area contributed by atoms with Gasteiger partial charge in [-0.05, 0) is 38.5 Å². The Balaban J connectivity index is 1.88. The number of carbonyl (C=O) groups excluding carboxylic acids is 3. The molecule has 0 unspecified atom stereocenters. The summed E-state index contributed by atoms with van der Waals surface area (Å²) in [6.07, 6.45) is 0.126. The fourth-order valence-corrected chi connectivity index (χ4v) is 3.36. The third-order valence-electron chi connectivity index (χ3n) is 4.89. The lowest BCUT2D eigenvalue weighted by atomic mass is 9.91. The van der Waals surface area contributed by atoms with E-state index in [9.17, 15) is 14.4 Å². The number of ether oxygens (including phenoxy) is 1. The lowest BCUT2D eigenvalue weighted by Gasteiger charge is -2.26. The van der Waals surface area contributed by atoms with Gasteiger partial charge in [-0.3, -0.25) is 15.0 Å². The monoisotopic (exact) mass is 380 g/mol. The summed E-state index contributed by atoms with van der Waals surface area (Å²) in [6.45, 7) is 5.81. The van der Waals surface area contributed by atoms with Crippen LogP contribution in [0, 0.1) is 13.8 Å². The zero-order valence-corrected chi connectivity index (χ0v) is 16.3. The zero-order chi connectivity index (χ0) is 20.3. The Hall–Kier alpha value is -3.15. The zero-order valence-electron chi connectivity index (χ0n) is 16.3. The van der Waals surface area contributed by atoms with E-state index in [2.05, 4.69) is 5.43 Å². The minimum Gasteiger partial charge on any atom is -0.464 e. The molecule has 2 aromatic rings. The molecule has 2 aromatic carbocycles. The number of esters is 1. The molecule has 2 amide bonds. The van der Waals surface area contributed by atoms with Crippen molar-refractivity contribution < 1.29 is 19.1 Å². The molecular weight excluding hydrogens is 356 g/mol. The molecule has 1 saturated heterocycles. The third-order valence-corrected chi connectivity index (χ3v) is 4.89. The van der Waals surface area contributed by atoms with Crippen LogP contribution in [0.1, 0.15) is 46.3 Å². The molecule has 0 bridgehead atoms. The van der Waals surface area contributed by atoms with Gasteiger partial charge in [0.25, 0.3) is 5.91 Å². The van der Waals surface area contributed by atoms with Crippen LogP contribution in [0.25, 0.3) is 0 Å². The van der Waals surface area contributed by atoms with E-state index in [1.807, 2.05) is 50.2 Å². The van der Waals surface area contributed by atoms with Gasteiger partial charge in [0.2, 0.25) is 5.91 Å². The SMILES string of the molecule is CCOC(=O)[C@@H]1[C@H](c2ccc(C)cc2)CC(=O)N1NC(=O)c1ccc(C)cc1. The average Bonchev–Trinajstić information content (AvgIpc) is 2.99. The average molecular weight is 380 g/mol. The molecule has 1 aliphatic rings. The summed E-state index contributed by atoms with van der Waals surface area (Å²) in [4.78, 5) is 37.9. The summed E-state index contributed by atoms with van der Waals surface area (Å²) in [5.41, 5.74) is 6.00. The van der Waals surface area contributed by atoms with Crippen LogP contribution in [0.2, 0.25) is 0 Å². The Kier molecular flexibility index (Phi) is 5.78. The van der Waals surface area contributed by atoms with Gasteiger partial charge in [-0.25, -0.2) is 9.80 Å². The summed E-state index contributed by atoms with van der Waals surface area (Å²) in [6, 6.07) is 13.8. The molecule has 0 spiro atoms. The van der Waals surface area contributed by atoms with Crippen molar-refractivity contribution in [2.75, 3.05) is 6.61 Å². The van der Waals surface area contributed by atoms with Crippen molar-refractivity contribution in [3.63, 3.8) is 0 Å². The van der Waals surface area contributed by atoms with E-state index in [0.717, 1.165) is 21.7 Å². The first kappa shape index (κ1) is 19.6. The van der Waals surface area contributed by atoms with Gasteiger partial charge in [-0.1, -0.05) is 47.5 Å². The number of aryl methyl sites for hydroxylation is 2. The van der Waals surface area contributed by atoms with Crippen LogP contribution in [-0.2, 0) is 14.3 Å². The molecule has 0 aromatic heterocycles. The Labute approximate surface area is 164 Å². The summed E-state index contributed by atoms with van der Waals surface area (Å²) in [7, 11) is 0. The fraction of sp³-hybridized carbons (Fsp3) is 0.318. The number of hydrogen-bond acceptors (Lipinski definition) is 4. The number of benzene rings is 2. The molecule has 28 heavy (non-hydrogen) atoms. The predicted molar refractivity (Wildman–Crippen MR) is 104 cm³/mol. The van der Waals surface area contributed by atoms with Crippen LogP contribution in [-0.4, -0.2) is 35.4 Å². The van der Waals surface area contributed by atoms with Crippen molar-refractivity contribution in [3.05, 3.63) is 70.8 Å². The Morgan fingerprint density at radius 3 is 2.18 bits per heavy atom. The first-order valence-electron chi connectivity index (χ1n) is 9.33. The molecule has 3 rings (SSSR count). The van der Waals surface area contributed by atoms with Crippen molar-refractivity contribution in [2.45, 2.75) is 39.2 Å². The van der Waals surface area contributed by atoms with E-state index in [1.165, 1.54) is 0 Å². The summed E-state index contributed by atoms with van der Waals surface area (Å²) in [5.74, 6) is -1.66. The van der Waals surface area contributed by atoms with Crippen LogP contribution in [0.15, 0.2) is 48.5 Å². The van der Waals surface area contributed by atoms with E-state index in [4.69, 9.17) is 4.74 Å². The molecular formula is C22H24N2O4. The van der Waals surface area contributed by atoms with E-state index in [1.54, 1.807) is 19.1 Å². The highest BCUT2D eigenvalue weighted by Gasteiger charge is 2.47. The van der Waals surface area contributed by atoms with Crippen LogP contribution in [0.5, 0.6) is 0 Å². The maximum Gasteiger partial charge on any atom is 0.331 e. The van der Waals surface area contributed by atoms with Crippen LogP contribution >= 0.6 is 0 Å².